The van der Waals surface area contributed by atoms with E-state index in [4.69, 9.17) is 24.3 Å². The van der Waals surface area contributed by atoms with Crippen LogP contribution >= 0.6 is 0 Å². The third-order valence-corrected chi connectivity index (χ3v) is 2.68. The van der Waals surface area contributed by atoms with E-state index in [1.54, 1.807) is 0 Å². The van der Waals surface area contributed by atoms with Gasteiger partial charge in [-0.15, -0.1) is 0 Å². The number of nitrogens with zero attached hydrogens (tertiary/aromatic N) is 2. The second kappa shape index (κ2) is 6.30. The minimum Gasteiger partial charge on any atom is -0.473 e. The highest BCUT2D eigenvalue weighted by molar-refractivity contribution is 6.27. The summed E-state index contributed by atoms with van der Waals surface area (Å²) in [5.41, 5.74) is 0.893. The van der Waals surface area contributed by atoms with Crippen molar-refractivity contribution in [1.29, 1.82) is 0 Å². The smallest absolute Gasteiger partial charge is 0.414 e. The zero-order valence-electron chi connectivity index (χ0n) is 10.6. The summed E-state index contributed by atoms with van der Waals surface area (Å²) in [4.78, 5) is 20.3. The molecule has 0 radical (unpaired) electrons. The fourth-order valence-electron chi connectivity index (χ4n) is 1.85. The van der Waals surface area contributed by atoms with Crippen LogP contribution in [-0.2, 0) is 9.59 Å². The van der Waals surface area contributed by atoms with Crippen LogP contribution in [-0.4, -0.2) is 57.0 Å². The van der Waals surface area contributed by atoms with Crippen molar-refractivity contribution in [3.8, 4) is 0 Å². The number of likely N-dealkylation sites (N-methyl/N-ethyl adjacent to an activating group) is 1. The van der Waals surface area contributed by atoms with Crippen LogP contribution in [0.5, 0.6) is 0 Å². The number of carbonyl (C=O) groups is 2. The summed E-state index contributed by atoms with van der Waals surface area (Å²) >= 11 is 0. The van der Waals surface area contributed by atoms with E-state index in [0.717, 1.165) is 17.9 Å². The molecule has 0 aromatic carbocycles. The third-order valence-electron chi connectivity index (χ3n) is 2.68. The van der Waals surface area contributed by atoms with Crippen molar-refractivity contribution in [3.05, 3.63) is 17.5 Å². The van der Waals surface area contributed by atoms with Crippen LogP contribution in [0.1, 0.15) is 23.9 Å². The largest absolute Gasteiger partial charge is 0.473 e. The lowest BCUT2D eigenvalue weighted by molar-refractivity contribution is -0.159. The van der Waals surface area contributed by atoms with Gasteiger partial charge >= 0.3 is 11.9 Å². The number of hydrogen-bond donors (Lipinski definition) is 3. The zero-order valence-corrected chi connectivity index (χ0v) is 10.6. The Kier molecular flexibility index (Phi) is 5.02. The molecule has 0 aliphatic carbocycles. The first-order chi connectivity index (χ1) is 8.81. The molecule has 2 rings (SSSR count). The van der Waals surface area contributed by atoms with Crippen molar-refractivity contribution in [1.82, 2.24) is 10.1 Å². The molecule has 1 aromatic heterocycles. The number of hydrogen-bond acceptors (Lipinski definition) is 6. The van der Waals surface area contributed by atoms with E-state index in [-0.39, 0.29) is 12.1 Å². The van der Waals surface area contributed by atoms with Crippen LogP contribution in [0.4, 0.5) is 0 Å². The molecule has 19 heavy (non-hydrogen) atoms. The molecule has 2 heterocycles. The molecule has 0 saturated carbocycles. The van der Waals surface area contributed by atoms with Crippen molar-refractivity contribution >= 4 is 11.9 Å². The van der Waals surface area contributed by atoms with E-state index >= 15 is 0 Å². The van der Waals surface area contributed by atoms with E-state index in [2.05, 4.69) is 10.1 Å². The average molecular weight is 272 g/mol. The van der Waals surface area contributed by atoms with Gasteiger partial charge in [-0.1, -0.05) is 5.16 Å². The number of aliphatic hydroxyl groups excluding tert-OH is 1. The zero-order chi connectivity index (χ0) is 14.6. The quantitative estimate of drug-likeness (QED) is 0.604. The summed E-state index contributed by atoms with van der Waals surface area (Å²) in [7, 11) is 1.98. The fourth-order valence-corrected chi connectivity index (χ4v) is 1.85. The minimum atomic E-state index is -1.82. The van der Waals surface area contributed by atoms with Gasteiger partial charge in [0.25, 0.3) is 0 Å². The van der Waals surface area contributed by atoms with Gasteiger partial charge in [0, 0.05) is 12.6 Å². The molecule has 8 nitrogen and oxygen atoms in total. The number of likely N-dealkylation sites (tertiary alicyclic amines) is 1. The molecule has 0 bridgehead atoms. The van der Waals surface area contributed by atoms with Gasteiger partial charge < -0.3 is 19.8 Å². The summed E-state index contributed by atoms with van der Waals surface area (Å²) < 4.78 is 5.16. The van der Waals surface area contributed by atoms with Gasteiger partial charge in [0.2, 0.25) is 0 Å². The highest BCUT2D eigenvalue weighted by Crippen LogP contribution is 2.30. The number of aryl methyl sites for hydroxylation is 1. The number of aliphatic hydroxyl groups is 1. The van der Waals surface area contributed by atoms with Gasteiger partial charge in [-0.3, -0.25) is 4.90 Å². The highest BCUT2D eigenvalue weighted by atomic mass is 16.5. The number of carboxylic acids is 2. The summed E-state index contributed by atoms with van der Waals surface area (Å²) in [6.45, 7) is 2.61. The van der Waals surface area contributed by atoms with E-state index in [0.29, 0.717) is 6.54 Å². The van der Waals surface area contributed by atoms with Crippen LogP contribution in [0.2, 0.25) is 0 Å². The molecule has 1 aliphatic rings. The van der Waals surface area contributed by atoms with E-state index in [1.165, 1.54) is 0 Å². The van der Waals surface area contributed by atoms with E-state index in [1.807, 2.05) is 20.0 Å². The summed E-state index contributed by atoms with van der Waals surface area (Å²) in [5.74, 6) is -2.79. The molecule has 1 aliphatic heterocycles. The maximum absolute atomic E-state index is 9.43. The molecular weight excluding hydrogens is 256 g/mol. The van der Waals surface area contributed by atoms with Gasteiger partial charge in [-0.25, -0.2) is 9.59 Å². The summed E-state index contributed by atoms with van der Waals surface area (Å²) in [5, 5.41) is 28.1. The van der Waals surface area contributed by atoms with Gasteiger partial charge in [-0.05, 0) is 20.4 Å². The maximum atomic E-state index is 9.43. The van der Waals surface area contributed by atoms with Crippen LogP contribution in [0.3, 0.4) is 0 Å². The number of carboxylic acid groups (broad SMARTS) is 2. The Morgan fingerprint density at radius 2 is 2.00 bits per heavy atom. The lowest BCUT2D eigenvalue weighted by Gasteiger charge is -2.14. The summed E-state index contributed by atoms with van der Waals surface area (Å²) in [6, 6.07) is 2.12. The van der Waals surface area contributed by atoms with E-state index < -0.39 is 11.9 Å². The second-order valence-electron chi connectivity index (χ2n) is 4.33. The minimum absolute atomic E-state index is 0.191. The lowest BCUT2D eigenvalue weighted by atomic mass is 10.1. The Morgan fingerprint density at radius 1 is 1.42 bits per heavy atom. The predicted molar refractivity (Wildman–Crippen MR) is 62.5 cm³/mol. The normalized spacial score (nSPS) is 22.7. The lowest BCUT2D eigenvalue weighted by Crippen LogP contribution is -2.18. The van der Waals surface area contributed by atoms with Gasteiger partial charge in [0.1, 0.15) is 0 Å². The third kappa shape index (κ3) is 4.34. The molecule has 1 fully saturated rings. The molecule has 3 N–H and O–H groups in total. The van der Waals surface area contributed by atoms with Crippen LogP contribution in [0.15, 0.2) is 10.6 Å². The van der Waals surface area contributed by atoms with Crippen molar-refractivity contribution in [2.75, 3.05) is 13.6 Å². The van der Waals surface area contributed by atoms with Crippen LogP contribution in [0, 0.1) is 6.92 Å². The monoisotopic (exact) mass is 272 g/mol. The molecule has 0 spiro atoms. The first kappa shape index (κ1) is 15.1. The Bertz CT molecular complexity index is 446. The Balaban J connectivity index is 0.000000258. The number of aromatic nitrogens is 1. The predicted octanol–water partition coefficient (Wildman–Crippen LogP) is -0.124. The highest BCUT2D eigenvalue weighted by Gasteiger charge is 2.31. The number of β-amino-alcohol motifs (C(OH)–C–C–N with tert-alkyl or cyclic N) is 1. The first-order valence-corrected chi connectivity index (χ1v) is 5.59. The molecule has 106 valence electrons. The summed E-state index contributed by atoms with van der Waals surface area (Å²) in [6.07, 6.45) is 0.505. The second-order valence-corrected chi connectivity index (χ2v) is 4.33. The number of rotatable bonds is 1. The van der Waals surface area contributed by atoms with E-state index in [9.17, 15) is 5.11 Å². The van der Waals surface area contributed by atoms with Crippen molar-refractivity contribution in [3.63, 3.8) is 0 Å². The van der Waals surface area contributed by atoms with Crippen molar-refractivity contribution in [2.24, 2.45) is 0 Å². The topological polar surface area (TPSA) is 124 Å². The van der Waals surface area contributed by atoms with Gasteiger partial charge in [0.15, 0.2) is 5.76 Å². The van der Waals surface area contributed by atoms with Gasteiger partial charge in [-0.2, -0.15) is 0 Å². The molecule has 1 saturated heterocycles. The molecular formula is C11H16N2O6. The van der Waals surface area contributed by atoms with Crippen LogP contribution < -0.4 is 0 Å². The van der Waals surface area contributed by atoms with Crippen LogP contribution in [0.25, 0.3) is 0 Å². The standard InChI is InChI=1S/C9H14N2O2.C2H2O4/c1-6-3-9(13-10-6)8-4-7(12)5-11(8)2;3-1(4)2(5)6/h3,7-8,12H,4-5H2,1-2H3;(H,3,4)(H,5,6)/t7-,8+;/m1./s1. The Labute approximate surface area is 109 Å². The Morgan fingerprint density at radius 3 is 2.32 bits per heavy atom. The molecule has 8 heteroatoms. The average Bonchev–Trinajstić information content (AvgIpc) is 2.85. The number of aliphatic carboxylic acids is 2. The first-order valence-electron chi connectivity index (χ1n) is 5.59. The SMILES string of the molecule is Cc1cc([C@@H]2C[C@@H](O)CN2C)on1.O=C(O)C(=O)O. The maximum Gasteiger partial charge on any atom is 0.414 e. The molecule has 1 aromatic rings. The van der Waals surface area contributed by atoms with Crippen molar-refractivity contribution < 1.29 is 29.4 Å². The fraction of sp³-hybridized carbons (Fsp3) is 0.545. The van der Waals surface area contributed by atoms with Crippen molar-refractivity contribution in [2.45, 2.75) is 25.5 Å². The Hall–Kier alpha value is -1.93. The molecule has 0 unspecified atom stereocenters. The molecule has 2 atom stereocenters. The molecule has 0 amide bonds. The van der Waals surface area contributed by atoms with Gasteiger partial charge in [0.05, 0.1) is 17.8 Å².